The maximum atomic E-state index is 14.2. The number of allylic oxidation sites excluding steroid dienone is 3. The summed E-state index contributed by atoms with van der Waals surface area (Å²) < 4.78 is 66.7. The third-order valence-corrected chi connectivity index (χ3v) is 15.9. The van der Waals surface area contributed by atoms with Crippen LogP contribution in [-0.2, 0) is 65.2 Å². The summed E-state index contributed by atoms with van der Waals surface area (Å²) in [4.78, 5) is 31.1. The van der Waals surface area contributed by atoms with E-state index in [1.165, 1.54) is 31.8 Å². The molecule has 0 radical (unpaired) electrons. The summed E-state index contributed by atoms with van der Waals surface area (Å²) in [6.45, 7) is 16.2. The molecule has 0 spiro atoms. The van der Waals surface area contributed by atoms with Crippen LogP contribution in [0.5, 0.6) is 5.75 Å². The Kier molecular flexibility index (Phi) is 25.4. The molecule has 1 aromatic carbocycles. The summed E-state index contributed by atoms with van der Waals surface area (Å²) in [5.41, 5.74) is 2.41. The monoisotopic (exact) mass is 1130 g/mol. The van der Waals surface area contributed by atoms with Crippen LogP contribution in [-0.4, -0.2) is 202 Å². The Morgan fingerprint density at radius 1 is 0.886 bits per heavy atom. The normalized spacial score (nSPS) is 33.6. The summed E-state index contributed by atoms with van der Waals surface area (Å²) in [5, 5.41) is 59.3. The van der Waals surface area contributed by atoms with Gasteiger partial charge in [0.15, 0.2) is 24.7 Å². The molecule has 6 rings (SSSR count). The minimum Gasteiger partial charge on any atom is -0.492 e. The van der Waals surface area contributed by atoms with E-state index in [2.05, 4.69) is 19.9 Å². The SMILES string of the molecule is CCOC(C[C@H]1C[C@@H](C)C(=O)/C=C/C(C)=C/[C@H](CO[C@@H]2O[C@H](C)[C@@H](O)[C@@H](OC)[C@H]2OC)[C@@H](CC)OC(=O)C[C@@H](O)[C@H](C)[C@H]1O[C@@H]1O[C@H](C)[C@@H](O)[C@H](N(C)CCc2cn(CCOc3ccc(-c4cnns4)cc3)nn2)[C@H]1O)OCC. The first-order valence-electron chi connectivity index (χ1n) is 27.7. The van der Waals surface area contributed by atoms with Crippen LogP contribution >= 0.6 is 11.5 Å². The highest BCUT2D eigenvalue weighted by atomic mass is 32.1. The summed E-state index contributed by atoms with van der Waals surface area (Å²) in [6.07, 6.45) is -3.00. The second kappa shape index (κ2) is 31.3. The van der Waals surface area contributed by atoms with Gasteiger partial charge < -0.3 is 67.8 Å². The number of ether oxygens (including phenoxy) is 10. The molecule has 2 fully saturated rings. The van der Waals surface area contributed by atoms with Crippen molar-refractivity contribution in [2.24, 2.45) is 23.7 Å². The van der Waals surface area contributed by atoms with Crippen molar-refractivity contribution in [2.75, 3.05) is 54.2 Å². The van der Waals surface area contributed by atoms with Crippen molar-refractivity contribution in [1.82, 2.24) is 29.5 Å². The van der Waals surface area contributed by atoms with Gasteiger partial charge in [-0.2, -0.15) is 0 Å². The summed E-state index contributed by atoms with van der Waals surface area (Å²) in [6, 6.07) is 6.84. The van der Waals surface area contributed by atoms with E-state index in [0.717, 1.165) is 10.4 Å². The van der Waals surface area contributed by atoms with Gasteiger partial charge in [-0.25, -0.2) is 4.68 Å². The molecule has 2 saturated heterocycles. The lowest BCUT2D eigenvalue weighted by atomic mass is 9.79. The number of methoxy groups -OCH3 is 2. The van der Waals surface area contributed by atoms with Crippen molar-refractivity contribution < 1.29 is 77.4 Å². The van der Waals surface area contributed by atoms with E-state index in [1.807, 2.05) is 76.1 Å². The molecule has 4 N–H and O–H groups in total. The molecule has 79 heavy (non-hydrogen) atoms. The number of cyclic esters (lactones) is 1. The predicted molar refractivity (Wildman–Crippen MR) is 290 cm³/mol. The Morgan fingerprint density at radius 3 is 2.24 bits per heavy atom. The largest absolute Gasteiger partial charge is 0.492 e. The van der Waals surface area contributed by atoms with Crippen molar-refractivity contribution in [3.8, 4) is 16.2 Å². The predicted octanol–water partition coefficient (Wildman–Crippen LogP) is 4.56. The molecule has 3 aliphatic rings. The first-order chi connectivity index (χ1) is 37.9. The molecule has 17 atom stereocenters. The number of carbonyl (C=O) groups excluding carboxylic acids is 2. The van der Waals surface area contributed by atoms with Crippen LogP contribution in [0.15, 0.2) is 60.5 Å². The second-order valence-electron chi connectivity index (χ2n) is 20.9. The lowest BCUT2D eigenvalue weighted by molar-refractivity contribution is -0.307. The van der Waals surface area contributed by atoms with Gasteiger partial charge >= 0.3 is 5.97 Å². The highest BCUT2D eigenvalue weighted by molar-refractivity contribution is 7.09. The summed E-state index contributed by atoms with van der Waals surface area (Å²) >= 11 is 1.32. The zero-order chi connectivity index (χ0) is 57.3. The number of aliphatic hydroxyl groups is 4. The molecule has 0 amide bonds. The average molecular weight is 1130 g/mol. The van der Waals surface area contributed by atoms with E-state index in [0.29, 0.717) is 62.8 Å². The van der Waals surface area contributed by atoms with E-state index in [9.17, 15) is 30.0 Å². The Morgan fingerprint density at radius 2 is 1.58 bits per heavy atom. The highest BCUT2D eigenvalue weighted by Crippen LogP contribution is 2.37. The van der Waals surface area contributed by atoms with Gasteiger partial charge in [0.2, 0.25) is 0 Å². The maximum absolute atomic E-state index is 14.2. The fourth-order valence-electron chi connectivity index (χ4n) is 10.6. The Hall–Kier alpha value is -4.18. The number of aliphatic hydroxyl groups excluding tert-OH is 4. The van der Waals surface area contributed by atoms with Crippen LogP contribution in [0.2, 0.25) is 0 Å². The van der Waals surface area contributed by atoms with Gasteiger partial charge in [-0.1, -0.05) is 48.2 Å². The zero-order valence-corrected chi connectivity index (χ0v) is 48.5. The lowest BCUT2D eigenvalue weighted by Crippen LogP contribution is -2.64. The van der Waals surface area contributed by atoms with Crippen molar-refractivity contribution >= 4 is 23.3 Å². The van der Waals surface area contributed by atoms with Crippen LogP contribution in [0, 0.1) is 23.7 Å². The van der Waals surface area contributed by atoms with E-state index in [-0.39, 0.29) is 25.2 Å². The first kappa shape index (κ1) is 64.0. The number of hydrogen-bond donors (Lipinski definition) is 4. The molecule has 0 saturated carbocycles. The molecule has 2 aromatic heterocycles. The molecule has 0 unspecified atom stereocenters. The van der Waals surface area contributed by atoms with Gasteiger partial charge in [0.05, 0.1) is 72.9 Å². The van der Waals surface area contributed by atoms with Crippen LogP contribution < -0.4 is 4.74 Å². The van der Waals surface area contributed by atoms with E-state index in [4.69, 9.17) is 47.4 Å². The Bertz CT molecular complexity index is 2340. The van der Waals surface area contributed by atoms with Gasteiger partial charge in [-0.05, 0) is 108 Å². The summed E-state index contributed by atoms with van der Waals surface area (Å²) in [7, 11) is 4.75. The van der Waals surface area contributed by atoms with Crippen LogP contribution in [0.1, 0.15) is 86.8 Å². The van der Waals surface area contributed by atoms with Crippen molar-refractivity contribution in [3.05, 3.63) is 66.2 Å². The minimum atomic E-state index is -1.41. The van der Waals surface area contributed by atoms with E-state index in [1.54, 1.807) is 44.8 Å². The zero-order valence-electron chi connectivity index (χ0n) is 47.6. The standard InChI is InChI=1S/C56H86N6O16S/c1-12-44-39(31-74-56-54(70-11)53(69-10)50(67)36(8)76-56)25-32(4)15-20-42(63)33(5)26-38(27-47(71-13-2)72-14-3)52(34(6)43(64)28-46(65)77-44)78-55-51(68)48(49(66)35(7)75-55)61(9)22-21-40-30-62(59-58-40)23-24-73-41-18-16-37(17-19-41)45-29-57-60-79-45/h15-20,25,29-30,33-36,38-39,43-44,47-56,64,66-68H,12-14,21-24,26-28,31H2,1-11H3/b20-15+,32-25+/t33-,34+,35-,36-,38-,39-,43-,44-,48+,49-,50-,51-,52-,53-,54-,55+,56-/m1/s1. The smallest absolute Gasteiger partial charge is 0.308 e. The number of hydrogen-bond acceptors (Lipinski definition) is 22. The molecular weight excluding hydrogens is 1040 g/mol. The maximum Gasteiger partial charge on any atom is 0.308 e. The van der Waals surface area contributed by atoms with E-state index >= 15 is 0 Å². The van der Waals surface area contributed by atoms with Gasteiger partial charge in [0.1, 0.15) is 42.9 Å². The molecule has 0 aliphatic carbocycles. The van der Waals surface area contributed by atoms with E-state index < -0.39 is 122 Å². The molecule has 23 heteroatoms. The average Bonchev–Trinajstić information content (AvgIpc) is 4.18. The number of aromatic nitrogens is 5. The number of likely N-dealkylation sites (N-methyl/N-ethyl adjacent to an activating group) is 1. The van der Waals surface area contributed by atoms with Gasteiger partial charge in [0.25, 0.3) is 0 Å². The van der Waals surface area contributed by atoms with Gasteiger partial charge in [0, 0.05) is 70.8 Å². The third-order valence-electron chi connectivity index (χ3n) is 15.2. The minimum absolute atomic E-state index is 0.00188. The molecule has 442 valence electrons. The third kappa shape index (κ3) is 17.7. The lowest BCUT2D eigenvalue weighted by Gasteiger charge is -2.47. The van der Waals surface area contributed by atoms with Crippen molar-refractivity contribution in [1.29, 1.82) is 0 Å². The van der Waals surface area contributed by atoms with Crippen molar-refractivity contribution in [2.45, 2.75) is 180 Å². The molecule has 0 bridgehead atoms. The fourth-order valence-corrected chi connectivity index (χ4v) is 11.1. The number of rotatable bonds is 23. The molecule has 22 nitrogen and oxygen atoms in total. The Balaban J connectivity index is 1.19. The number of ketones is 1. The Labute approximate surface area is 468 Å². The van der Waals surface area contributed by atoms with Gasteiger partial charge in [-0.15, -0.1) is 10.2 Å². The van der Waals surface area contributed by atoms with Crippen molar-refractivity contribution in [3.63, 3.8) is 0 Å². The number of nitrogens with zero attached hydrogens (tertiary/aromatic N) is 6. The molecule has 5 heterocycles. The van der Waals surface area contributed by atoms with Gasteiger partial charge in [-0.3, -0.25) is 14.5 Å². The summed E-state index contributed by atoms with van der Waals surface area (Å²) in [5.74, 6) is -2.66. The first-order valence-corrected chi connectivity index (χ1v) is 28.5. The molecule has 3 aromatic rings. The fraction of sp³-hybridized carbons (Fsp3) is 0.714. The molecule has 3 aliphatic heterocycles. The quantitative estimate of drug-likeness (QED) is 0.0749. The van der Waals surface area contributed by atoms with Crippen LogP contribution in [0.3, 0.4) is 0 Å². The van der Waals surface area contributed by atoms with Crippen LogP contribution in [0.25, 0.3) is 10.4 Å². The second-order valence-corrected chi connectivity index (χ2v) is 21.7. The van der Waals surface area contributed by atoms with Crippen LogP contribution in [0.4, 0.5) is 0 Å². The number of carbonyl (C=O) groups is 2. The number of benzene rings is 1. The topological polar surface area (TPSA) is 267 Å². The highest BCUT2D eigenvalue weighted by Gasteiger charge is 2.49. The number of esters is 1. The molecular formula is C56H86N6O16S.